The van der Waals surface area contributed by atoms with Crippen LogP contribution in [0.2, 0.25) is 0 Å². The zero-order valence-corrected chi connectivity index (χ0v) is 9.50. The van der Waals surface area contributed by atoms with Crippen molar-refractivity contribution in [2.75, 3.05) is 0 Å². The third-order valence-electron chi connectivity index (χ3n) is 2.58. The largest absolute Gasteiger partial charge is 0.478 e. The minimum atomic E-state index is -1.04. The number of halogens is 1. The van der Waals surface area contributed by atoms with E-state index in [0.29, 0.717) is 16.8 Å². The summed E-state index contributed by atoms with van der Waals surface area (Å²) < 4.78 is 18.2. The van der Waals surface area contributed by atoms with Crippen molar-refractivity contribution in [1.29, 1.82) is 0 Å². The van der Waals surface area contributed by atoms with Gasteiger partial charge in [0.2, 0.25) is 5.89 Å². The summed E-state index contributed by atoms with van der Waals surface area (Å²) in [6.45, 7) is 0. The Morgan fingerprint density at radius 2 is 2.11 bits per heavy atom. The molecule has 0 unspecified atom stereocenters. The summed E-state index contributed by atoms with van der Waals surface area (Å²) in [6, 6.07) is 7.07. The fourth-order valence-corrected chi connectivity index (χ4v) is 1.67. The predicted octanol–water partition coefficient (Wildman–Crippen LogP) is 2.73. The average Bonchev–Trinajstić information content (AvgIpc) is 2.82. The molecule has 0 spiro atoms. The molecule has 1 aromatic carbocycles. The number of benzene rings is 1. The number of carboxylic acids is 1. The Hall–Kier alpha value is -2.76. The number of nitrogens with zero attached hydrogens (tertiary/aromatic N) is 2. The second-order valence-electron chi connectivity index (χ2n) is 3.87. The minimum Gasteiger partial charge on any atom is -0.478 e. The van der Waals surface area contributed by atoms with Gasteiger partial charge in [-0.05, 0) is 30.3 Å². The molecule has 0 fully saturated rings. The summed E-state index contributed by atoms with van der Waals surface area (Å²) >= 11 is 0. The van der Waals surface area contributed by atoms with Gasteiger partial charge in [-0.2, -0.15) is 0 Å². The van der Waals surface area contributed by atoms with Gasteiger partial charge in [-0.1, -0.05) is 0 Å². The van der Waals surface area contributed by atoms with Crippen LogP contribution in [0.4, 0.5) is 4.39 Å². The first-order valence-electron chi connectivity index (χ1n) is 5.39. The maximum atomic E-state index is 12.8. The second kappa shape index (κ2) is 4.16. The van der Waals surface area contributed by atoms with E-state index in [1.807, 2.05) is 0 Å². The van der Waals surface area contributed by atoms with Gasteiger partial charge in [0.25, 0.3) is 0 Å². The Balaban J connectivity index is 2.11. The molecule has 2 heterocycles. The van der Waals surface area contributed by atoms with Gasteiger partial charge < -0.3 is 9.52 Å². The maximum Gasteiger partial charge on any atom is 0.335 e. The quantitative estimate of drug-likeness (QED) is 0.764. The van der Waals surface area contributed by atoms with Crippen molar-refractivity contribution in [1.82, 2.24) is 9.97 Å². The summed E-state index contributed by atoms with van der Waals surface area (Å²) in [5.41, 5.74) is 1.36. The lowest BCUT2D eigenvalue weighted by molar-refractivity contribution is 0.0697. The van der Waals surface area contributed by atoms with E-state index in [1.165, 1.54) is 24.3 Å². The average molecular weight is 258 g/mol. The topological polar surface area (TPSA) is 76.2 Å². The number of hydrogen-bond donors (Lipinski definition) is 1. The van der Waals surface area contributed by atoms with E-state index in [9.17, 15) is 9.18 Å². The van der Waals surface area contributed by atoms with Crippen molar-refractivity contribution in [3.05, 3.63) is 47.9 Å². The Kier molecular flexibility index (Phi) is 2.49. The van der Waals surface area contributed by atoms with Crippen LogP contribution in [0.1, 0.15) is 10.4 Å². The molecule has 1 N–H and O–H groups in total. The van der Waals surface area contributed by atoms with Crippen LogP contribution in [0.25, 0.3) is 22.7 Å². The van der Waals surface area contributed by atoms with Crippen molar-refractivity contribution in [3.8, 4) is 11.6 Å². The van der Waals surface area contributed by atoms with Crippen LogP contribution >= 0.6 is 0 Å². The Morgan fingerprint density at radius 1 is 1.26 bits per heavy atom. The maximum absolute atomic E-state index is 12.8. The Labute approximate surface area is 106 Å². The number of carbonyl (C=O) groups is 1. The number of aromatic carboxylic acids is 1. The molecule has 3 rings (SSSR count). The Morgan fingerprint density at radius 3 is 2.79 bits per heavy atom. The lowest BCUT2D eigenvalue weighted by Gasteiger charge is -1.92. The molecule has 0 aliphatic rings. The van der Waals surface area contributed by atoms with Crippen molar-refractivity contribution in [3.63, 3.8) is 0 Å². The molecule has 0 saturated carbocycles. The molecule has 5 nitrogen and oxygen atoms in total. The van der Waals surface area contributed by atoms with Gasteiger partial charge in [0, 0.05) is 0 Å². The highest BCUT2D eigenvalue weighted by molar-refractivity contribution is 5.92. The fourth-order valence-electron chi connectivity index (χ4n) is 1.67. The van der Waals surface area contributed by atoms with E-state index in [0.717, 1.165) is 6.20 Å². The highest BCUT2D eigenvalue weighted by atomic mass is 19.1. The monoisotopic (exact) mass is 258 g/mol. The predicted molar refractivity (Wildman–Crippen MR) is 64.2 cm³/mol. The van der Waals surface area contributed by atoms with Crippen LogP contribution in [0, 0.1) is 5.82 Å². The molecule has 0 atom stereocenters. The summed E-state index contributed by atoms with van der Waals surface area (Å²) in [7, 11) is 0. The van der Waals surface area contributed by atoms with Crippen LogP contribution < -0.4 is 0 Å². The molecular formula is C13H7FN2O3. The first-order valence-corrected chi connectivity index (χ1v) is 5.39. The zero-order chi connectivity index (χ0) is 13.4. The summed E-state index contributed by atoms with van der Waals surface area (Å²) in [5.74, 6) is -1.27. The molecule has 6 heteroatoms. The SMILES string of the molecule is O=C(O)c1ccc2nc(-c3ccc(F)cn3)oc2c1. The highest BCUT2D eigenvalue weighted by Gasteiger charge is 2.11. The standard InChI is InChI=1S/C13H7FN2O3/c14-8-2-4-10(15-6-8)12-16-9-3-1-7(13(17)18)5-11(9)19-12/h1-6H,(H,17,18). The van der Waals surface area contributed by atoms with E-state index >= 15 is 0 Å². The van der Waals surface area contributed by atoms with Crippen LogP contribution in [0.3, 0.4) is 0 Å². The van der Waals surface area contributed by atoms with E-state index < -0.39 is 11.8 Å². The minimum absolute atomic E-state index is 0.113. The van der Waals surface area contributed by atoms with E-state index in [-0.39, 0.29) is 11.5 Å². The van der Waals surface area contributed by atoms with Crippen LogP contribution in [-0.4, -0.2) is 21.0 Å². The van der Waals surface area contributed by atoms with E-state index in [2.05, 4.69) is 9.97 Å². The summed E-state index contributed by atoms with van der Waals surface area (Å²) in [5, 5.41) is 8.88. The van der Waals surface area contributed by atoms with Gasteiger partial charge in [-0.15, -0.1) is 0 Å². The molecule has 2 aromatic heterocycles. The number of pyridine rings is 1. The molecule has 94 valence electrons. The number of oxazole rings is 1. The van der Waals surface area contributed by atoms with Crippen molar-refractivity contribution in [2.24, 2.45) is 0 Å². The van der Waals surface area contributed by atoms with Crippen molar-refractivity contribution < 1.29 is 18.7 Å². The molecule has 3 aromatic rings. The number of fused-ring (bicyclic) bond motifs is 1. The van der Waals surface area contributed by atoms with E-state index in [4.69, 9.17) is 9.52 Å². The number of aromatic nitrogens is 2. The number of hydrogen-bond acceptors (Lipinski definition) is 4. The molecule has 0 amide bonds. The molecule has 0 bridgehead atoms. The van der Waals surface area contributed by atoms with Crippen LogP contribution in [0.5, 0.6) is 0 Å². The fraction of sp³-hybridized carbons (Fsp3) is 0. The lowest BCUT2D eigenvalue weighted by atomic mass is 10.2. The van der Waals surface area contributed by atoms with Gasteiger partial charge in [-0.25, -0.2) is 19.2 Å². The number of carboxylic acid groups (broad SMARTS) is 1. The molecule has 0 radical (unpaired) electrons. The van der Waals surface area contributed by atoms with Gasteiger partial charge in [-0.3, -0.25) is 0 Å². The van der Waals surface area contributed by atoms with Crippen LogP contribution in [0.15, 0.2) is 40.9 Å². The third-order valence-corrected chi connectivity index (χ3v) is 2.58. The Bertz CT molecular complexity index is 765. The van der Waals surface area contributed by atoms with Crippen molar-refractivity contribution >= 4 is 17.1 Å². The molecule has 0 aliphatic heterocycles. The smallest absolute Gasteiger partial charge is 0.335 e. The summed E-state index contributed by atoms with van der Waals surface area (Å²) in [6.07, 6.45) is 1.06. The van der Waals surface area contributed by atoms with Gasteiger partial charge >= 0.3 is 5.97 Å². The van der Waals surface area contributed by atoms with Crippen LogP contribution in [-0.2, 0) is 0 Å². The molecule has 19 heavy (non-hydrogen) atoms. The van der Waals surface area contributed by atoms with Gasteiger partial charge in [0.15, 0.2) is 5.58 Å². The van der Waals surface area contributed by atoms with Gasteiger partial charge in [0.05, 0.1) is 11.8 Å². The third kappa shape index (κ3) is 2.03. The summed E-state index contributed by atoms with van der Waals surface area (Å²) in [4.78, 5) is 18.9. The second-order valence-corrected chi connectivity index (χ2v) is 3.87. The molecule has 0 saturated heterocycles. The van der Waals surface area contributed by atoms with Crippen molar-refractivity contribution in [2.45, 2.75) is 0 Å². The van der Waals surface area contributed by atoms with Gasteiger partial charge in [0.1, 0.15) is 17.0 Å². The first kappa shape index (κ1) is 11.3. The highest BCUT2D eigenvalue weighted by Crippen LogP contribution is 2.23. The van der Waals surface area contributed by atoms with E-state index in [1.54, 1.807) is 6.07 Å². The number of rotatable bonds is 2. The zero-order valence-electron chi connectivity index (χ0n) is 9.50. The first-order chi connectivity index (χ1) is 9.13. The normalized spacial score (nSPS) is 10.8. The molecule has 0 aliphatic carbocycles. The molecular weight excluding hydrogens is 251 g/mol. The lowest BCUT2D eigenvalue weighted by Crippen LogP contribution is -1.94.